The van der Waals surface area contributed by atoms with Gasteiger partial charge in [-0.05, 0) is 70.9 Å². The molecule has 4 rings (SSSR count). The fourth-order valence-electron chi connectivity index (χ4n) is 4.44. The lowest BCUT2D eigenvalue weighted by atomic mass is 9.98. The highest BCUT2D eigenvalue weighted by molar-refractivity contribution is 7.90. The quantitative estimate of drug-likeness (QED) is 0.0851. The van der Waals surface area contributed by atoms with Crippen LogP contribution in [0.5, 0.6) is 0 Å². The van der Waals surface area contributed by atoms with Crippen LogP contribution in [-0.4, -0.2) is 59.9 Å². The first-order chi connectivity index (χ1) is 21.5. The Morgan fingerprint density at radius 3 is 2.37 bits per heavy atom. The lowest BCUT2D eigenvalue weighted by Crippen LogP contribution is -2.46. The minimum atomic E-state index is -4.71. The second-order valence-corrected chi connectivity index (χ2v) is 13.4. The molecular weight excluding hydrogens is 633 g/mol. The third-order valence-corrected chi connectivity index (χ3v) is 8.33. The molecule has 2 heterocycles. The zero-order valence-electron chi connectivity index (χ0n) is 25.4. The topological polar surface area (TPSA) is 158 Å². The Kier molecular flexibility index (Phi) is 9.94. The minimum absolute atomic E-state index is 0.0991. The average molecular weight is 667 g/mol. The van der Waals surface area contributed by atoms with E-state index in [0.29, 0.717) is 12.0 Å². The fraction of sp³-hybridized carbons (Fsp3) is 0.414. The van der Waals surface area contributed by atoms with Gasteiger partial charge in [0.25, 0.3) is 16.8 Å². The molecule has 1 atom stereocenters. The number of piperidine rings is 1. The number of carbonyl (C=O) groups excluding carboxylic acids is 2. The predicted octanol–water partition coefficient (Wildman–Crippen LogP) is 4.74. The summed E-state index contributed by atoms with van der Waals surface area (Å²) in [7, 11) is -4.38. The van der Waals surface area contributed by atoms with Crippen molar-refractivity contribution in [2.24, 2.45) is 16.6 Å². The van der Waals surface area contributed by atoms with Crippen LogP contribution in [0.2, 0.25) is 0 Å². The Hall–Kier alpha value is -4.67. The monoisotopic (exact) mass is 666 g/mol. The molecule has 1 amide bonds. The van der Waals surface area contributed by atoms with Crippen LogP contribution < -0.4 is 4.72 Å². The Bertz CT molecular complexity index is 1700. The van der Waals surface area contributed by atoms with Gasteiger partial charge in [-0.3, -0.25) is 9.59 Å². The molecule has 0 spiro atoms. The van der Waals surface area contributed by atoms with E-state index in [1.165, 1.54) is 12.1 Å². The highest BCUT2D eigenvalue weighted by atomic mass is 32.2. The molecule has 2 aromatic carbocycles. The number of hydrazine groups is 1. The molecule has 1 aliphatic rings. The van der Waals surface area contributed by atoms with Crippen molar-refractivity contribution >= 4 is 21.9 Å². The van der Waals surface area contributed by atoms with Gasteiger partial charge in [-0.1, -0.05) is 29.8 Å². The zero-order chi connectivity index (χ0) is 33.9. The Balaban J connectivity index is 1.43. The van der Waals surface area contributed by atoms with E-state index in [-0.39, 0.29) is 40.8 Å². The average Bonchev–Trinajstić information content (AvgIpc) is 3.45. The van der Waals surface area contributed by atoms with Crippen LogP contribution in [0.15, 0.2) is 64.8 Å². The van der Waals surface area contributed by atoms with Crippen LogP contribution >= 0.6 is 0 Å². The number of esters is 1. The second-order valence-electron chi connectivity index (χ2n) is 11.7. The number of carbonyl (C=O) groups is 2. The van der Waals surface area contributed by atoms with Gasteiger partial charge in [0.05, 0.1) is 45.7 Å². The lowest BCUT2D eigenvalue weighted by Gasteiger charge is -2.27. The Morgan fingerprint density at radius 2 is 1.76 bits per heavy atom. The number of alkyl halides is 3. The van der Waals surface area contributed by atoms with Crippen molar-refractivity contribution in [3.8, 4) is 16.9 Å². The van der Waals surface area contributed by atoms with Gasteiger partial charge in [0.15, 0.2) is 5.69 Å². The van der Waals surface area contributed by atoms with Crippen molar-refractivity contribution in [2.45, 2.75) is 51.6 Å². The number of benzene rings is 2. The number of hydrogen-bond donors (Lipinski definition) is 1. The standard InChI is InChI=1S/C29H33F3N6O7S/c1-19-7-9-20(10-8-19)24-16-25(29(30,31)32)33-37(24)22-11-13-23(14-12-22)46(42,43)34-26(39)21-6-5-15-36(17-21)38(41)35-45-18-44-27(40)28(2,3)4/h7-14,16,21H,5-6,15,17-18H2,1-4H3,(H,34,39). The van der Waals surface area contributed by atoms with Crippen molar-refractivity contribution in [2.75, 3.05) is 19.9 Å². The molecule has 0 bridgehead atoms. The van der Waals surface area contributed by atoms with Crippen molar-refractivity contribution in [3.05, 3.63) is 71.1 Å². The van der Waals surface area contributed by atoms with Crippen LogP contribution in [0.3, 0.4) is 0 Å². The molecule has 17 heteroatoms. The largest absolute Gasteiger partial charge is 0.569 e. The van der Waals surface area contributed by atoms with Gasteiger partial charge < -0.3 is 14.8 Å². The van der Waals surface area contributed by atoms with Gasteiger partial charge in [-0.2, -0.15) is 18.3 Å². The number of nitrogens with one attached hydrogen (secondary N) is 1. The van der Waals surface area contributed by atoms with Gasteiger partial charge in [0.1, 0.15) is 0 Å². The molecular formula is C29H33F3N6O7S. The maximum absolute atomic E-state index is 13.5. The third kappa shape index (κ3) is 8.32. The van der Waals surface area contributed by atoms with E-state index in [1.807, 2.05) is 11.6 Å². The first-order valence-corrected chi connectivity index (χ1v) is 15.6. The maximum Gasteiger partial charge on any atom is 0.435 e. The molecule has 1 saturated heterocycles. The first-order valence-electron chi connectivity index (χ1n) is 14.1. The van der Waals surface area contributed by atoms with E-state index in [2.05, 4.69) is 10.4 Å². The van der Waals surface area contributed by atoms with Gasteiger partial charge in [-0.15, -0.1) is 5.01 Å². The Morgan fingerprint density at radius 1 is 1.11 bits per heavy atom. The van der Waals surface area contributed by atoms with E-state index < -0.39 is 51.9 Å². The first kappa shape index (κ1) is 34.2. The second kappa shape index (κ2) is 13.4. The molecule has 1 unspecified atom stereocenters. The molecule has 3 aromatic rings. The highest BCUT2D eigenvalue weighted by Gasteiger charge is 2.36. The molecule has 1 aliphatic heterocycles. The van der Waals surface area contributed by atoms with E-state index in [1.54, 1.807) is 45.0 Å². The molecule has 0 saturated carbocycles. The Labute approximate surface area is 263 Å². The van der Waals surface area contributed by atoms with Crippen molar-refractivity contribution < 1.29 is 45.7 Å². The normalized spacial score (nSPS) is 16.2. The van der Waals surface area contributed by atoms with E-state index in [9.17, 15) is 36.4 Å². The maximum atomic E-state index is 13.5. The minimum Gasteiger partial charge on any atom is -0.569 e. The summed E-state index contributed by atoms with van der Waals surface area (Å²) in [5.41, 5.74) is -0.203. The number of aryl methyl sites for hydroxylation is 1. The summed E-state index contributed by atoms with van der Waals surface area (Å²) in [5, 5.41) is 20.5. The summed E-state index contributed by atoms with van der Waals surface area (Å²) < 4.78 is 74.6. The van der Waals surface area contributed by atoms with E-state index in [4.69, 9.17) is 9.57 Å². The smallest absolute Gasteiger partial charge is 0.435 e. The number of rotatable bonds is 9. The number of aromatic nitrogens is 2. The van der Waals surface area contributed by atoms with Crippen LogP contribution in [-0.2, 0) is 35.4 Å². The zero-order valence-corrected chi connectivity index (χ0v) is 26.3. The number of sulfonamides is 1. The summed E-state index contributed by atoms with van der Waals surface area (Å²) in [6.45, 7) is 6.21. The van der Waals surface area contributed by atoms with Crippen molar-refractivity contribution in [1.82, 2.24) is 19.5 Å². The number of ether oxygens (including phenoxy) is 1. The molecule has 13 nitrogen and oxygen atoms in total. The van der Waals surface area contributed by atoms with Gasteiger partial charge >= 0.3 is 12.1 Å². The molecule has 1 fully saturated rings. The molecule has 0 radical (unpaired) electrons. The summed E-state index contributed by atoms with van der Waals surface area (Å²) in [4.78, 5) is 29.2. The van der Waals surface area contributed by atoms with Crippen molar-refractivity contribution in [3.63, 3.8) is 0 Å². The third-order valence-electron chi connectivity index (χ3n) is 6.97. The number of nitrogens with zero attached hydrogens (tertiary/aromatic N) is 5. The molecule has 248 valence electrons. The molecule has 1 N–H and O–H groups in total. The van der Waals surface area contributed by atoms with Gasteiger partial charge in [0.2, 0.25) is 11.2 Å². The lowest BCUT2D eigenvalue weighted by molar-refractivity contribution is -0.714. The summed E-state index contributed by atoms with van der Waals surface area (Å²) in [5.74, 6) is -2.31. The summed E-state index contributed by atoms with van der Waals surface area (Å²) in [6.07, 6.45) is -4.05. The predicted molar refractivity (Wildman–Crippen MR) is 156 cm³/mol. The van der Waals surface area contributed by atoms with Crippen LogP contribution in [0, 0.1) is 23.5 Å². The van der Waals surface area contributed by atoms with Crippen LogP contribution in [0.4, 0.5) is 13.2 Å². The summed E-state index contributed by atoms with van der Waals surface area (Å²) >= 11 is 0. The van der Waals surface area contributed by atoms with E-state index in [0.717, 1.165) is 33.5 Å². The number of halogens is 3. The number of hydrogen-bond acceptors (Lipinski definition) is 9. The fourth-order valence-corrected chi connectivity index (χ4v) is 5.48. The van der Waals surface area contributed by atoms with Gasteiger partial charge in [-0.25, -0.2) is 17.8 Å². The number of amides is 1. The van der Waals surface area contributed by atoms with Crippen LogP contribution in [0.25, 0.3) is 16.9 Å². The van der Waals surface area contributed by atoms with Gasteiger partial charge in [0, 0.05) is 5.56 Å². The molecule has 0 aliphatic carbocycles. The summed E-state index contributed by atoms with van der Waals surface area (Å²) in [6, 6.07) is 12.6. The van der Waals surface area contributed by atoms with Crippen LogP contribution in [0.1, 0.15) is 44.9 Å². The SMILES string of the molecule is Cc1ccc(-c2cc(C(F)(F)F)nn2-c2ccc(S(=O)(=O)NC(=O)C3CCCN([N+]([O-])=NOCOC(=O)C(C)(C)C)C3)cc2)cc1. The van der Waals surface area contributed by atoms with Crippen molar-refractivity contribution in [1.29, 1.82) is 0 Å². The molecule has 46 heavy (non-hydrogen) atoms. The molecule has 1 aromatic heterocycles. The van der Waals surface area contributed by atoms with E-state index >= 15 is 0 Å². The highest BCUT2D eigenvalue weighted by Crippen LogP contribution is 2.33.